The predicted molar refractivity (Wildman–Crippen MR) is 67.5 cm³/mol. The first-order valence-corrected chi connectivity index (χ1v) is 6.21. The molecule has 0 amide bonds. The lowest BCUT2D eigenvalue weighted by Gasteiger charge is -2.16. The Balaban J connectivity index is 2.02. The largest absolute Gasteiger partial charge is 0.481 e. The Labute approximate surface area is 110 Å². The number of carboxylic acid groups (broad SMARTS) is 1. The summed E-state index contributed by atoms with van der Waals surface area (Å²) in [5, 5.41) is 10.2. The van der Waals surface area contributed by atoms with Crippen LogP contribution in [0.5, 0.6) is 0 Å². The smallest absolute Gasteiger partial charge is 0.307 e. The second kappa shape index (κ2) is 5.25. The molecule has 1 saturated heterocycles. The van der Waals surface area contributed by atoms with Gasteiger partial charge in [0.25, 0.3) is 0 Å². The molecule has 1 heterocycles. The van der Waals surface area contributed by atoms with Gasteiger partial charge >= 0.3 is 5.97 Å². The minimum atomic E-state index is -0.718. The highest BCUT2D eigenvalue weighted by Crippen LogP contribution is 2.25. The van der Waals surface area contributed by atoms with Gasteiger partial charge in [0.05, 0.1) is 5.92 Å². The SMILES string of the molecule is O=C(O)[C@@H]1CCN(Cc2cc(Cl)ccc2Cl)C1. The van der Waals surface area contributed by atoms with E-state index in [1.807, 2.05) is 6.07 Å². The molecule has 0 spiro atoms. The van der Waals surface area contributed by atoms with Crippen LogP contribution in [-0.4, -0.2) is 29.1 Å². The molecule has 1 aliphatic rings. The first-order valence-electron chi connectivity index (χ1n) is 5.45. The van der Waals surface area contributed by atoms with Gasteiger partial charge in [-0.15, -0.1) is 0 Å². The van der Waals surface area contributed by atoms with Gasteiger partial charge in [0.15, 0.2) is 0 Å². The summed E-state index contributed by atoms with van der Waals surface area (Å²) in [6.45, 7) is 2.03. The zero-order valence-corrected chi connectivity index (χ0v) is 10.7. The number of likely N-dealkylation sites (tertiary alicyclic amines) is 1. The van der Waals surface area contributed by atoms with E-state index in [2.05, 4.69) is 4.90 Å². The summed E-state index contributed by atoms with van der Waals surface area (Å²) in [6, 6.07) is 5.35. The van der Waals surface area contributed by atoms with Crippen molar-refractivity contribution in [1.29, 1.82) is 0 Å². The van der Waals surface area contributed by atoms with Gasteiger partial charge in [-0.1, -0.05) is 23.2 Å². The lowest BCUT2D eigenvalue weighted by molar-refractivity contribution is -0.141. The van der Waals surface area contributed by atoms with Crippen molar-refractivity contribution in [1.82, 2.24) is 4.90 Å². The Morgan fingerprint density at radius 1 is 1.47 bits per heavy atom. The third kappa shape index (κ3) is 3.12. The summed E-state index contributed by atoms with van der Waals surface area (Å²) in [5.41, 5.74) is 0.949. The molecule has 1 N–H and O–H groups in total. The molecule has 17 heavy (non-hydrogen) atoms. The number of halogens is 2. The maximum atomic E-state index is 10.8. The molecule has 5 heteroatoms. The van der Waals surface area contributed by atoms with Crippen LogP contribution in [0.25, 0.3) is 0 Å². The lowest BCUT2D eigenvalue weighted by Crippen LogP contribution is -2.22. The van der Waals surface area contributed by atoms with Crippen LogP contribution in [0.1, 0.15) is 12.0 Å². The van der Waals surface area contributed by atoms with E-state index >= 15 is 0 Å². The van der Waals surface area contributed by atoms with Crippen molar-refractivity contribution in [3.63, 3.8) is 0 Å². The first-order chi connectivity index (χ1) is 8.06. The van der Waals surface area contributed by atoms with E-state index in [0.29, 0.717) is 29.6 Å². The Morgan fingerprint density at radius 2 is 2.24 bits per heavy atom. The second-order valence-corrected chi connectivity index (χ2v) is 5.14. The summed E-state index contributed by atoms with van der Waals surface area (Å²) < 4.78 is 0. The fraction of sp³-hybridized carbons (Fsp3) is 0.417. The predicted octanol–water partition coefficient (Wildman–Crippen LogP) is 2.90. The zero-order valence-electron chi connectivity index (χ0n) is 9.20. The number of hydrogen-bond acceptors (Lipinski definition) is 2. The highest BCUT2D eigenvalue weighted by molar-refractivity contribution is 6.33. The van der Waals surface area contributed by atoms with Gasteiger partial charge in [-0.25, -0.2) is 0 Å². The molecule has 0 bridgehead atoms. The van der Waals surface area contributed by atoms with E-state index in [4.69, 9.17) is 28.3 Å². The monoisotopic (exact) mass is 273 g/mol. The standard InChI is InChI=1S/C12H13Cl2NO2/c13-10-1-2-11(14)9(5-10)7-15-4-3-8(6-15)12(16)17/h1-2,5,8H,3-4,6-7H2,(H,16,17)/t8-/m1/s1. The van der Waals surface area contributed by atoms with Gasteiger partial charge in [0.2, 0.25) is 0 Å². The van der Waals surface area contributed by atoms with E-state index < -0.39 is 5.97 Å². The van der Waals surface area contributed by atoms with Crippen molar-refractivity contribution in [3.8, 4) is 0 Å². The number of nitrogens with zero attached hydrogens (tertiary/aromatic N) is 1. The highest BCUT2D eigenvalue weighted by Gasteiger charge is 2.28. The van der Waals surface area contributed by atoms with E-state index in [1.165, 1.54) is 0 Å². The van der Waals surface area contributed by atoms with Crippen LogP contribution >= 0.6 is 23.2 Å². The van der Waals surface area contributed by atoms with Crippen molar-refractivity contribution in [2.75, 3.05) is 13.1 Å². The molecule has 92 valence electrons. The minimum Gasteiger partial charge on any atom is -0.481 e. The van der Waals surface area contributed by atoms with Gasteiger partial charge in [0, 0.05) is 23.1 Å². The Bertz CT molecular complexity index is 437. The second-order valence-electron chi connectivity index (χ2n) is 4.29. The van der Waals surface area contributed by atoms with E-state index in [1.54, 1.807) is 12.1 Å². The molecule has 1 atom stereocenters. The van der Waals surface area contributed by atoms with E-state index in [0.717, 1.165) is 12.1 Å². The van der Waals surface area contributed by atoms with Gasteiger partial charge in [-0.3, -0.25) is 9.69 Å². The van der Waals surface area contributed by atoms with Crippen LogP contribution in [0.4, 0.5) is 0 Å². The van der Waals surface area contributed by atoms with Crippen molar-refractivity contribution in [3.05, 3.63) is 33.8 Å². The topological polar surface area (TPSA) is 40.5 Å². The van der Waals surface area contributed by atoms with Crippen molar-refractivity contribution >= 4 is 29.2 Å². The van der Waals surface area contributed by atoms with Crippen LogP contribution in [0.15, 0.2) is 18.2 Å². The van der Waals surface area contributed by atoms with Gasteiger partial charge in [-0.05, 0) is 36.7 Å². The Morgan fingerprint density at radius 3 is 2.88 bits per heavy atom. The first kappa shape index (κ1) is 12.7. The highest BCUT2D eigenvalue weighted by atomic mass is 35.5. The number of rotatable bonds is 3. The Kier molecular flexibility index (Phi) is 3.92. The van der Waals surface area contributed by atoms with Crippen molar-refractivity contribution in [2.24, 2.45) is 5.92 Å². The molecular weight excluding hydrogens is 261 g/mol. The summed E-state index contributed by atoms with van der Waals surface area (Å²) >= 11 is 12.0. The molecule has 0 aliphatic carbocycles. The molecule has 3 nitrogen and oxygen atoms in total. The summed E-state index contributed by atoms with van der Waals surface area (Å²) in [5.74, 6) is -0.974. The molecule has 1 aromatic rings. The molecule has 1 aliphatic heterocycles. The van der Waals surface area contributed by atoms with Crippen LogP contribution in [0.2, 0.25) is 10.0 Å². The molecule has 0 aromatic heterocycles. The molecule has 0 saturated carbocycles. The van der Waals surface area contributed by atoms with Crippen molar-refractivity contribution in [2.45, 2.75) is 13.0 Å². The zero-order chi connectivity index (χ0) is 12.4. The number of benzene rings is 1. The molecular formula is C12H13Cl2NO2. The summed E-state index contributed by atoms with van der Waals surface area (Å²) in [4.78, 5) is 12.9. The summed E-state index contributed by atoms with van der Waals surface area (Å²) in [6.07, 6.45) is 0.702. The van der Waals surface area contributed by atoms with Crippen molar-refractivity contribution < 1.29 is 9.90 Å². The maximum Gasteiger partial charge on any atom is 0.307 e. The average Bonchev–Trinajstić information content (AvgIpc) is 2.72. The quantitative estimate of drug-likeness (QED) is 0.921. The number of hydrogen-bond donors (Lipinski definition) is 1. The number of carboxylic acids is 1. The molecule has 2 rings (SSSR count). The van der Waals surface area contributed by atoms with E-state index in [9.17, 15) is 4.79 Å². The lowest BCUT2D eigenvalue weighted by atomic mass is 10.1. The average molecular weight is 274 g/mol. The third-order valence-electron chi connectivity index (χ3n) is 3.02. The number of carbonyl (C=O) groups is 1. The van der Waals surface area contributed by atoms with E-state index in [-0.39, 0.29) is 5.92 Å². The maximum absolute atomic E-state index is 10.8. The Hall–Kier alpha value is -0.770. The minimum absolute atomic E-state index is 0.257. The normalized spacial score (nSPS) is 20.7. The third-order valence-corrected chi connectivity index (χ3v) is 3.63. The molecule has 1 fully saturated rings. The van der Waals surface area contributed by atoms with Crippen LogP contribution in [-0.2, 0) is 11.3 Å². The van der Waals surface area contributed by atoms with Gasteiger partial charge in [0.1, 0.15) is 0 Å². The molecule has 1 aromatic carbocycles. The molecule has 0 radical (unpaired) electrons. The fourth-order valence-electron chi connectivity index (χ4n) is 2.08. The van der Waals surface area contributed by atoms with Crippen LogP contribution in [0, 0.1) is 5.92 Å². The molecule has 0 unspecified atom stereocenters. The fourth-order valence-corrected chi connectivity index (χ4v) is 2.46. The van der Waals surface area contributed by atoms with Crippen LogP contribution in [0.3, 0.4) is 0 Å². The van der Waals surface area contributed by atoms with Gasteiger partial charge in [-0.2, -0.15) is 0 Å². The number of aliphatic carboxylic acids is 1. The summed E-state index contributed by atoms with van der Waals surface area (Å²) in [7, 11) is 0. The van der Waals surface area contributed by atoms with Crippen LogP contribution < -0.4 is 0 Å². The van der Waals surface area contributed by atoms with Gasteiger partial charge < -0.3 is 5.11 Å².